The average Bonchev–Trinajstić information content (AvgIpc) is 2.83. The zero-order valence-corrected chi connectivity index (χ0v) is 12.6. The molecular weight excluding hydrogens is 248 g/mol. The lowest BCUT2D eigenvalue weighted by atomic mass is 9.96. The molecule has 1 aromatic heterocycles. The van der Waals surface area contributed by atoms with E-state index < -0.39 is 0 Å². The first-order chi connectivity index (χ1) is 9.52. The van der Waals surface area contributed by atoms with E-state index in [-0.39, 0.29) is 5.41 Å². The van der Waals surface area contributed by atoms with E-state index in [2.05, 4.69) is 59.6 Å². The highest BCUT2D eigenvalue weighted by molar-refractivity contribution is 5.79. The Balaban J connectivity index is 1.82. The minimum Gasteiger partial charge on any atom is -0.382 e. The number of H-pyrrole nitrogens is 1. The number of piperidine rings is 1. The molecule has 1 aliphatic heterocycles. The Morgan fingerprint density at radius 1 is 1.20 bits per heavy atom. The molecule has 4 nitrogen and oxygen atoms in total. The summed E-state index contributed by atoms with van der Waals surface area (Å²) in [5.41, 5.74) is 3.41. The number of aromatic amines is 1. The molecule has 3 rings (SSSR count). The van der Waals surface area contributed by atoms with Gasteiger partial charge in [-0.25, -0.2) is 4.98 Å². The fraction of sp³-hybridized carbons (Fsp3) is 0.562. The fourth-order valence-corrected chi connectivity index (χ4v) is 2.66. The summed E-state index contributed by atoms with van der Waals surface area (Å²) in [5, 5.41) is 7.03. The lowest BCUT2D eigenvalue weighted by Crippen LogP contribution is -2.35. The number of anilines is 1. The number of imidazole rings is 1. The molecule has 2 aromatic rings. The van der Waals surface area contributed by atoms with Crippen LogP contribution in [0, 0.1) is 0 Å². The van der Waals surface area contributed by atoms with Crippen LogP contribution in [0.3, 0.4) is 0 Å². The third-order valence-corrected chi connectivity index (χ3v) is 3.90. The molecule has 0 unspecified atom stereocenters. The maximum atomic E-state index is 4.68. The van der Waals surface area contributed by atoms with Gasteiger partial charge in [-0.1, -0.05) is 20.8 Å². The molecule has 0 atom stereocenters. The van der Waals surface area contributed by atoms with Gasteiger partial charge in [0.2, 0.25) is 0 Å². The number of benzene rings is 1. The van der Waals surface area contributed by atoms with E-state index in [0.29, 0.717) is 6.04 Å². The van der Waals surface area contributed by atoms with E-state index in [1.54, 1.807) is 0 Å². The molecule has 0 spiro atoms. The van der Waals surface area contributed by atoms with Crippen LogP contribution in [-0.2, 0) is 5.41 Å². The zero-order valence-electron chi connectivity index (χ0n) is 12.6. The number of aromatic nitrogens is 2. The smallest absolute Gasteiger partial charge is 0.112 e. The first kappa shape index (κ1) is 13.4. The highest BCUT2D eigenvalue weighted by atomic mass is 15.0. The van der Waals surface area contributed by atoms with E-state index in [1.165, 1.54) is 18.5 Å². The van der Waals surface area contributed by atoms with Gasteiger partial charge in [-0.3, -0.25) is 0 Å². The summed E-state index contributed by atoms with van der Waals surface area (Å²) < 4.78 is 0. The molecule has 1 aromatic carbocycles. The Labute approximate surface area is 120 Å². The average molecular weight is 272 g/mol. The topological polar surface area (TPSA) is 52.7 Å². The lowest BCUT2D eigenvalue weighted by molar-refractivity contribution is 0.479. The van der Waals surface area contributed by atoms with Crippen molar-refractivity contribution in [3.8, 4) is 0 Å². The predicted molar refractivity (Wildman–Crippen MR) is 84.3 cm³/mol. The van der Waals surface area contributed by atoms with Crippen molar-refractivity contribution in [1.82, 2.24) is 15.3 Å². The lowest BCUT2D eigenvalue weighted by Gasteiger charge is -2.24. The van der Waals surface area contributed by atoms with Crippen LogP contribution < -0.4 is 10.6 Å². The normalized spacial score (nSPS) is 17.6. The van der Waals surface area contributed by atoms with Gasteiger partial charge < -0.3 is 15.6 Å². The van der Waals surface area contributed by atoms with E-state index in [4.69, 9.17) is 0 Å². The third kappa shape index (κ3) is 2.80. The summed E-state index contributed by atoms with van der Waals surface area (Å²) in [7, 11) is 0. The Kier molecular flexibility index (Phi) is 3.42. The van der Waals surface area contributed by atoms with Gasteiger partial charge in [-0.2, -0.15) is 0 Å². The Morgan fingerprint density at radius 2 is 1.95 bits per heavy atom. The van der Waals surface area contributed by atoms with Crippen molar-refractivity contribution in [3.05, 3.63) is 24.0 Å². The maximum absolute atomic E-state index is 4.68. The number of nitrogens with one attached hydrogen (secondary N) is 3. The zero-order chi connectivity index (χ0) is 14.2. The highest BCUT2D eigenvalue weighted by Gasteiger charge is 2.18. The van der Waals surface area contributed by atoms with E-state index >= 15 is 0 Å². The molecule has 0 amide bonds. The molecule has 0 bridgehead atoms. The van der Waals surface area contributed by atoms with Crippen LogP contribution in [0.15, 0.2) is 18.2 Å². The van der Waals surface area contributed by atoms with Gasteiger partial charge in [0.05, 0.1) is 11.0 Å². The van der Waals surface area contributed by atoms with Crippen LogP contribution in [0.2, 0.25) is 0 Å². The first-order valence-corrected chi connectivity index (χ1v) is 7.50. The van der Waals surface area contributed by atoms with Gasteiger partial charge in [0.15, 0.2) is 0 Å². The van der Waals surface area contributed by atoms with E-state index in [0.717, 1.165) is 29.9 Å². The van der Waals surface area contributed by atoms with Crippen LogP contribution in [0.25, 0.3) is 11.0 Å². The van der Waals surface area contributed by atoms with Gasteiger partial charge in [-0.05, 0) is 44.1 Å². The van der Waals surface area contributed by atoms with Crippen molar-refractivity contribution >= 4 is 16.7 Å². The minimum absolute atomic E-state index is 0.0572. The van der Waals surface area contributed by atoms with Crippen molar-refractivity contribution in [1.29, 1.82) is 0 Å². The summed E-state index contributed by atoms with van der Waals surface area (Å²) in [5.74, 6) is 1.05. The Hall–Kier alpha value is -1.55. The monoisotopic (exact) mass is 272 g/mol. The largest absolute Gasteiger partial charge is 0.382 e. The number of hydrogen-bond acceptors (Lipinski definition) is 3. The molecule has 0 aliphatic carbocycles. The van der Waals surface area contributed by atoms with Crippen molar-refractivity contribution in [2.45, 2.75) is 45.1 Å². The summed E-state index contributed by atoms with van der Waals surface area (Å²) in [4.78, 5) is 8.13. The van der Waals surface area contributed by atoms with Gasteiger partial charge in [0.1, 0.15) is 5.82 Å². The van der Waals surface area contributed by atoms with Crippen LogP contribution >= 0.6 is 0 Å². The predicted octanol–water partition coefficient (Wildman–Crippen LogP) is 3.02. The second-order valence-electron chi connectivity index (χ2n) is 6.74. The standard InChI is InChI=1S/C16H24N4/c1-16(2,3)15-19-13-5-4-12(10-14(13)20-15)18-11-6-8-17-9-7-11/h4-5,10-11,17-18H,6-9H2,1-3H3,(H,19,20). The second kappa shape index (κ2) is 5.09. The van der Waals surface area contributed by atoms with E-state index in [1.807, 2.05) is 0 Å². The van der Waals surface area contributed by atoms with Gasteiger partial charge in [0.25, 0.3) is 0 Å². The molecule has 3 N–H and O–H groups in total. The summed E-state index contributed by atoms with van der Waals surface area (Å²) in [6.45, 7) is 8.76. The van der Waals surface area contributed by atoms with Crippen molar-refractivity contribution < 1.29 is 0 Å². The van der Waals surface area contributed by atoms with Gasteiger partial charge >= 0.3 is 0 Å². The van der Waals surface area contributed by atoms with Gasteiger partial charge in [-0.15, -0.1) is 0 Å². The maximum Gasteiger partial charge on any atom is 0.112 e. The van der Waals surface area contributed by atoms with E-state index in [9.17, 15) is 0 Å². The Bertz CT molecular complexity index is 588. The van der Waals surface area contributed by atoms with Crippen LogP contribution in [-0.4, -0.2) is 29.1 Å². The third-order valence-electron chi connectivity index (χ3n) is 3.90. The number of rotatable bonds is 2. The molecule has 4 heteroatoms. The SMILES string of the molecule is CC(C)(C)c1nc2ccc(NC3CCNCC3)cc2[nH]1. The van der Waals surface area contributed by atoms with Crippen LogP contribution in [0.4, 0.5) is 5.69 Å². The van der Waals surface area contributed by atoms with Crippen LogP contribution in [0.1, 0.15) is 39.4 Å². The summed E-state index contributed by atoms with van der Waals surface area (Å²) in [6, 6.07) is 7.00. The molecule has 0 saturated carbocycles. The van der Waals surface area contributed by atoms with Crippen molar-refractivity contribution in [3.63, 3.8) is 0 Å². The number of nitrogens with zero attached hydrogens (tertiary/aromatic N) is 1. The van der Waals surface area contributed by atoms with Crippen LogP contribution in [0.5, 0.6) is 0 Å². The summed E-state index contributed by atoms with van der Waals surface area (Å²) in [6.07, 6.45) is 2.38. The molecule has 1 aliphatic rings. The number of hydrogen-bond donors (Lipinski definition) is 3. The van der Waals surface area contributed by atoms with Crippen molar-refractivity contribution in [2.24, 2.45) is 0 Å². The molecule has 20 heavy (non-hydrogen) atoms. The van der Waals surface area contributed by atoms with Gasteiger partial charge in [0, 0.05) is 17.1 Å². The minimum atomic E-state index is 0.0572. The molecular formula is C16H24N4. The highest BCUT2D eigenvalue weighted by Crippen LogP contribution is 2.25. The second-order valence-corrected chi connectivity index (χ2v) is 6.74. The molecule has 1 fully saturated rings. The number of fused-ring (bicyclic) bond motifs is 1. The molecule has 2 heterocycles. The summed E-state index contributed by atoms with van der Waals surface area (Å²) >= 11 is 0. The quantitative estimate of drug-likeness (QED) is 0.787. The Morgan fingerprint density at radius 3 is 2.65 bits per heavy atom. The fourth-order valence-electron chi connectivity index (χ4n) is 2.66. The molecule has 0 radical (unpaired) electrons. The first-order valence-electron chi connectivity index (χ1n) is 7.50. The molecule has 1 saturated heterocycles. The molecule has 108 valence electrons. The van der Waals surface area contributed by atoms with Crippen molar-refractivity contribution in [2.75, 3.05) is 18.4 Å².